The normalized spacial score (nSPS) is 14.7. The molecule has 124 valence electrons. The van der Waals surface area contributed by atoms with E-state index in [4.69, 9.17) is 4.74 Å². The van der Waals surface area contributed by atoms with Crippen molar-refractivity contribution in [2.75, 3.05) is 13.7 Å². The lowest BCUT2D eigenvalue weighted by Gasteiger charge is -2.16. The second-order valence-corrected chi connectivity index (χ2v) is 5.97. The Kier molecular flexibility index (Phi) is 4.20. The number of amides is 1. The van der Waals surface area contributed by atoms with Gasteiger partial charge in [0.1, 0.15) is 0 Å². The van der Waals surface area contributed by atoms with Crippen LogP contribution in [0.5, 0.6) is 5.75 Å². The first kappa shape index (κ1) is 16.0. The van der Waals surface area contributed by atoms with E-state index in [1.165, 1.54) is 30.9 Å². The lowest BCUT2D eigenvalue weighted by molar-refractivity contribution is -0.385. The number of hydrogen-bond acceptors (Lipinski definition) is 4. The molecule has 0 unspecified atom stereocenters. The molecule has 1 amide bonds. The Morgan fingerprint density at radius 1 is 1.25 bits per heavy atom. The standard InChI is InChI=1S/C18H18N2O4/c1-24-16-8-7-13(11-15(16)20(22)23)17(21)19-12-18(9-10-18)14-5-3-2-4-6-14/h2-8,11H,9-10,12H2,1H3,(H,19,21). The van der Waals surface area contributed by atoms with Crippen molar-refractivity contribution in [3.8, 4) is 5.75 Å². The molecule has 0 radical (unpaired) electrons. The lowest BCUT2D eigenvalue weighted by atomic mass is 9.96. The van der Waals surface area contributed by atoms with Crippen LogP contribution in [0.25, 0.3) is 0 Å². The molecule has 0 atom stereocenters. The number of nitrogens with one attached hydrogen (secondary N) is 1. The third-order valence-corrected chi connectivity index (χ3v) is 4.46. The van der Waals surface area contributed by atoms with Crippen molar-refractivity contribution in [3.63, 3.8) is 0 Å². The third-order valence-electron chi connectivity index (χ3n) is 4.46. The summed E-state index contributed by atoms with van der Waals surface area (Å²) in [4.78, 5) is 22.9. The predicted molar refractivity (Wildman–Crippen MR) is 89.3 cm³/mol. The molecule has 2 aromatic rings. The van der Waals surface area contributed by atoms with Crippen LogP contribution in [0.3, 0.4) is 0 Å². The SMILES string of the molecule is COc1ccc(C(=O)NCC2(c3ccccc3)CC2)cc1[N+](=O)[O-]. The van der Waals surface area contributed by atoms with E-state index in [1.54, 1.807) is 0 Å². The van der Waals surface area contributed by atoms with Gasteiger partial charge in [-0.3, -0.25) is 14.9 Å². The van der Waals surface area contributed by atoms with Crippen LogP contribution < -0.4 is 10.1 Å². The van der Waals surface area contributed by atoms with Crippen molar-refractivity contribution >= 4 is 11.6 Å². The van der Waals surface area contributed by atoms with Gasteiger partial charge in [0.2, 0.25) is 0 Å². The molecule has 3 rings (SSSR count). The summed E-state index contributed by atoms with van der Waals surface area (Å²) in [5.41, 5.74) is 1.25. The Balaban J connectivity index is 1.72. The van der Waals surface area contributed by atoms with E-state index < -0.39 is 4.92 Å². The number of benzene rings is 2. The molecule has 0 spiro atoms. The third kappa shape index (κ3) is 3.08. The summed E-state index contributed by atoms with van der Waals surface area (Å²) in [5, 5.41) is 14.0. The molecule has 0 saturated heterocycles. The highest BCUT2D eigenvalue weighted by molar-refractivity contribution is 5.95. The van der Waals surface area contributed by atoms with Gasteiger partial charge in [0.15, 0.2) is 5.75 Å². The van der Waals surface area contributed by atoms with Crippen LogP contribution in [0.2, 0.25) is 0 Å². The van der Waals surface area contributed by atoms with E-state index in [9.17, 15) is 14.9 Å². The van der Waals surface area contributed by atoms with Gasteiger partial charge in [-0.15, -0.1) is 0 Å². The molecule has 1 fully saturated rings. The molecular weight excluding hydrogens is 308 g/mol. The number of nitro groups is 1. The molecule has 1 aliphatic rings. The number of hydrogen-bond donors (Lipinski definition) is 1. The summed E-state index contributed by atoms with van der Waals surface area (Å²) in [7, 11) is 1.36. The zero-order valence-electron chi connectivity index (χ0n) is 13.3. The van der Waals surface area contributed by atoms with Gasteiger partial charge in [-0.05, 0) is 30.5 Å². The number of nitrogens with zero attached hydrogens (tertiary/aromatic N) is 1. The van der Waals surface area contributed by atoms with Gasteiger partial charge in [0.25, 0.3) is 5.91 Å². The average molecular weight is 326 g/mol. The summed E-state index contributed by atoms with van der Waals surface area (Å²) in [5.74, 6) is -0.178. The van der Waals surface area contributed by atoms with Crippen molar-refractivity contribution in [2.24, 2.45) is 0 Å². The molecule has 1 N–H and O–H groups in total. The minimum absolute atomic E-state index is 0.00464. The Morgan fingerprint density at radius 2 is 1.96 bits per heavy atom. The van der Waals surface area contributed by atoms with Gasteiger partial charge < -0.3 is 10.1 Å². The van der Waals surface area contributed by atoms with Crippen LogP contribution in [0.1, 0.15) is 28.8 Å². The van der Waals surface area contributed by atoms with E-state index >= 15 is 0 Å². The van der Waals surface area contributed by atoms with Crippen LogP contribution in [-0.4, -0.2) is 24.5 Å². The van der Waals surface area contributed by atoms with Gasteiger partial charge >= 0.3 is 5.69 Å². The zero-order valence-corrected chi connectivity index (χ0v) is 13.3. The Labute approximate surface area is 139 Å². The van der Waals surface area contributed by atoms with Gasteiger partial charge in [0.05, 0.1) is 12.0 Å². The smallest absolute Gasteiger partial charge is 0.311 e. The zero-order chi connectivity index (χ0) is 17.2. The monoisotopic (exact) mass is 326 g/mol. The topological polar surface area (TPSA) is 81.5 Å². The first-order chi connectivity index (χ1) is 11.6. The first-order valence-corrected chi connectivity index (χ1v) is 7.72. The summed E-state index contributed by atoms with van der Waals surface area (Å²) >= 11 is 0. The molecule has 1 aliphatic carbocycles. The molecule has 6 nitrogen and oxygen atoms in total. The molecule has 6 heteroatoms. The van der Waals surface area contributed by atoms with Crippen LogP contribution in [0.15, 0.2) is 48.5 Å². The number of rotatable bonds is 6. The van der Waals surface area contributed by atoms with Crippen LogP contribution in [0, 0.1) is 10.1 Å². The second kappa shape index (κ2) is 6.31. The molecule has 1 saturated carbocycles. The fourth-order valence-electron chi connectivity index (χ4n) is 2.84. The number of methoxy groups -OCH3 is 1. The fraction of sp³-hybridized carbons (Fsp3) is 0.278. The molecule has 0 bridgehead atoms. The van der Waals surface area contributed by atoms with Crippen molar-refractivity contribution in [2.45, 2.75) is 18.3 Å². The van der Waals surface area contributed by atoms with Crippen molar-refractivity contribution in [1.29, 1.82) is 0 Å². The minimum atomic E-state index is -0.554. The number of carbonyl (C=O) groups excluding carboxylic acids is 1. The van der Waals surface area contributed by atoms with Crippen molar-refractivity contribution < 1.29 is 14.5 Å². The number of carbonyl (C=O) groups is 1. The maximum atomic E-state index is 12.4. The Hall–Kier alpha value is -2.89. The number of ether oxygens (including phenoxy) is 1. The van der Waals surface area contributed by atoms with Gasteiger partial charge in [-0.1, -0.05) is 30.3 Å². The largest absolute Gasteiger partial charge is 0.490 e. The van der Waals surface area contributed by atoms with E-state index in [2.05, 4.69) is 17.4 Å². The van der Waals surface area contributed by atoms with Crippen molar-refractivity contribution in [1.82, 2.24) is 5.32 Å². The van der Waals surface area contributed by atoms with Crippen LogP contribution in [-0.2, 0) is 5.41 Å². The van der Waals surface area contributed by atoms with Gasteiger partial charge in [0, 0.05) is 23.6 Å². The van der Waals surface area contributed by atoms with Gasteiger partial charge in [-0.2, -0.15) is 0 Å². The highest BCUT2D eigenvalue weighted by Gasteiger charge is 2.44. The Bertz CT molecular complexity index is 770. The average Bonchev–Trinajstić information content (AvgIpc) is 3.41. The van der Waals surface area contributed by atoms with E-state index in [1.807, 2.05) is 18.2 Å². The molecular formula is C18H18N2O4. The van der Waals surface area contributed by atoms with E-state index in [0.29, 0.717) is 6.54 Å². The minimum Gasteiger partial charge on any atom is -0.490 e. The van der Waals surface area contributed by atoms with E-state index in [-0.39, 0.29) is 28.3 Å². The summed E-state index contributed by atoms with van der Waals surface area (Å²) in [6.45, 7) is 0.523. The van der Waals surface area contributed by atoms with Gasteiger partial charge in [-0.25, -0.2) is 0 Å². The van der Waals surface area contributed by atoms with E-state index in [0.717, 1.165) is 12.8 Å². The summed E-state index contributed by atoms with van der Waals surface area (Å²) < 4.78 is 4.95. The predicted octanol–water partition coefficient (Wildman–Crippen LogP) is 3.07. The lowest BCUT2D eigenvalue weighted by Crippen LogP contribution is -2.32. The number of nitro benzene ring substituents is 1. The fourth-order valence-corrected chi connectivity index (χ4v) is 2.84. The maximum Gasteiger partial charge on any atom is 0.311 e. The van der Waals surface area contributed by atoms with Crippen molar-refractivity contribution in [3.05, 3.63) is 69.8 Å². The molecule has 0 aliphatic heterocycles. The second-order valence-electron chi connectivity index (χ2n) is 5.97. The molecule has 24 heavy (non-hydrogen) atoms. The van der Waals surface area contributed by atoms with Crippen LogP contribution in [0.4, 0.5) is 5.69 Å². The highest BCUT2D eigenvalue weighted by atomic mass is 16.6. The molecule has 2 aromatic carbocycles. The summed E-state index contributed by atoms with van der Waals surface area (Å²) in [6, 6.07) is 14.3. The highest BCUT2D eigenvalue weighted by Crippen LogP contribution is 2.47. The quantitative estimate of drug-likeness (QED) is 0.653. The Morgan fingerprint density at radius 3 is 2.54 bits per heavy atom. The van der Waals surface area contributed by atoms with Crippen LogP contribution >= 0.6 is 0 Å². The molecule has 0 heterocycles. The maximum absolute atomic E-state index is 12.4. The summed E-state index contributed by atoms with van der Waals surface area (Å²) in [6.07, 6.45) is 2.06. The molecule has 0 aromatic heterocycles. The first-order valence-electron chi connectivity index (χ1n) is 7.72.